The van der Waals surface area contributed by atoms with Crippen LogP contribution >= 0.6 is 0 Å². The molecule has 0 aromatic heterocycles. The van der Waals surface area contributed by atoms with Crippen molar-refractivity contribution in [3.8, 4) is 0 Å². The number of quaternary nitrogens is 1. The van der Waals surface area contributed by atoms with E-state index in [4.69, 9.17) is 18.9 Å². The Bertz CT molecular complexity index is 1470. The first-order chi connectivity index (χ1) is 34.1. The van der Waals surface area contributed by atoms with Crippen molar-refractivity contribution in [2.45, 2.75) is 225 Å². The molecule has 0 fully saturated rings. The van der Waals surface area contributed by atoms with Crippen LogP contribution in [-0.4, -0.2) is 82.3 Å². The van der Waals surface area contributed by atoms with Crippen molar-refractivity contribution >= 4 is 17.9 Å². The van der Waals surface area contributed by atoms with E-state index in [1.54, 1.807) is 0 Å². The highest BCUT2D eigenvalue weighted by Gasteiger charge is 2.22. The number of carbonyl (C=O) groups is 3. The molecule has 0 saturated carbocycles. The second-order valence-electron chi connectivity index (χ2n) is 19.5. The van der Waals surface area contributed by atoms with Crippen LogP contribution in [0.2, 0.25) is 0 Å². The Morgan fingerprint density at radius 3 is 1.23 bits per heavy atom. The van der Waals surface area contributed by atoms with Gasteiger partial charge in [-0.05, 0) is 96.3 Å². The maximum Gasteiger partial charge on any atom is 0.306 e. The normalized spacial score (nSPS) is 13.6. The van der Waals surface area contributed by atoms with E-state index in [-0.39, 0.29) is 38.6 Å². The van der Waals surface area contributed by atoms with Gasteiger partial charge in [0.25, 0.3) is 0 Å². The van der Waals surface area contributed by atoms with Gasteiger partial charge in [-0.3, -0.25) is 9.59 Å². The summed E-state index contributed by atoms with van der Waals surface area (Å²) in [6, 6.07) is 0. The molecule has 0 aliphatic heterocycles. The molecule has 0 saturated heterocycles. The molecule has 0 aliphatic carbocycles. The van der Waals surface area contributed by atoms with Gasteiger partial charge in [-0.15, -0.1) is 0 Å². The van der Waals surface area contributed by atoms with Crippen LogP contribution < -0.4 is 5.11 Å². The number of hydrogen-bond donors (Lipinski definition) is 0. The highest BCUT2D eigenvalue weighted by molar-refractivity contribution is 5.70. The minimum atomic E-state index is -1.63. The number of likely N-dealkylation sites (N-methyl/N-ethyl adjacent to an activating group) is 1. The fourth-order valence-electron chi connectivity index (χ4n) is 7.27. The molecule has 0 heterocycles. The number of carboxylic acid groups (broad SMARTS) is 1. The third-order valence-electron chi connectivity index (χ3n) is 11.6. The van der Waals surface area contributed by atoms with Crippen LogP contribution in [0.3, 0.4) is 0 Å². The lowest BCUT2D eigenvalue weighted by Gasteiger charge is -2.26. The molecule has 0 aliphatic rings. The zero-order valence-electron chi connectivity index (χ0n) is 45.4. The molecule has 2 unspecified atom stereocenters. The van der Waals surface area contributed by atoms with Gasteiger partial charge in [0.05, 0.1) is 40.3 Å². The molecule has 0 spiro atoms. The molecular weight excluding hydrogens is 875 g/mol. The number of aliphatic carboxylic acids is 1. The van der Waals surface area contributed by atoms with Crippen molar-refractivity contribution in [1.29, 1.82) is 0 Å². The predicted molar refractivity (Wildman–Crippen MR) is 292 cm³/mol. The zero-order chi connectivity index (χ0) is 51.3. The molecule has 0 aromatic carbocycles. The molecule has 0 N–H and O–H groups in total. The average Bonchev–Trinajstić information content (AvgIpc) is 3.33. The van der Waals surface area contributed by atoms with Crippen molar-refractivity contribution in [1.82, 2.24) is 0 Å². The number of unbranched alkanes of at least 4 members (excludes halogenated alkanes) is 19. The second-order valence-corrected chi connectivity index (χ2v) is 19.5. The van der Waals surface area contributed by atoms with E-state index in [1.807, 2.05) is 21.1 Å². The highest BCUT2D eigenvalue weighted by atomic mass is 16.7. The number of rotatable bonds is 50. The van der Waals surface area contributed by atoms with Gasteiger partial charge in [0.15, 0.2) is 12.4 Å². The molecular formula is C61H103NO8. The standard InChI is InChI=1S/C61H103NO8/c1-6-8-10-12-14-16-18-20-21-22-23-24-25-26-27-28-29-30-31-32-33-34-35-36-37-38-39-40-42-44-46-48-50-52-59(64)70-57(56-69-61(60(65)66)67-54-53-62(3,4)5)55-68-58(63)51-49-47-45-43-41-19-17-15-13-11-9-7-2/h8,10,14-17,20-21,23-24,26-27,29-30,32-33,57,61H,6-7,9,11-13,18-19,22,25,28,31,34-56H2,1-5H3/b10-8-,16-14-,17-15-,21-20-,24-23-,27-26-,30-29-,33-32-. The summed E-state index contributed by atoms with van der Waals surface area (Å²) in [7, 11) is 5.91. The number of allylic oxidation sites excluding steroid dienone is 16. The second kappa shape index (κ2) is 51.6. The Kier molecular flexibility index (Phi) is 48.8. The molecule has 2 atom stereocenters. The lowest BCUT2D eigenvalue weighted by atomic mass is 10.0. The van der Waals surface area contributed by atoms with Crippen LogP contribution in [0.25, 0.3) is 0 Å². The van der Waals surface area contributed by atoms with Crippen molar-refractivity contribution in [2.24, 2.45) is 0 Å². The smallest absolute Gasteiger partial charge is 0.306 e. The van der Waals surface area contributed by atoms with Crippen molar-refractivity contribution in [3.05, 3.63) is 97.2 Å². The lowest BCUT2D eigenvalue weighted by Crippen LogP contribution is -2.44. The Morgan fingerprint density at radius 1 is 0.443 bits per heavy atom. The van der Waals surface area contributed by atoms with E-state index in [0.717, 1.165) is 109 Å². The first-order valence-corrected chi connectivity index (χ1v) is 27.9. The van der Waals surface area contributed by atoms with Gasteiger partial charge >= 0.3 is 11.9 Å². The maximum absolute atomic E-state index is 12.8. The Labute approximate surface area is 429 Å². The SMILES string of the molecule is CC/C=C\C/C=C\C/C=C\C/C=C\C/C=C\C/C=C\C/C=C\CCCCCCCCCCCCCC(=O)OC(COC(=O)CCCCCCC/C=C\CCCCC)COC(OCC[N+](C)(C)C)C(=O)[O-]. The molecule has 70 heavy (non-hydrogen) atoms. The van der Waals surface area contributed by atoms with Crippen LogP contribution in [0, 0.1) is 0 Å². The van der Waals surface area contributed by atoms with Gasteiger partial charge in [-0.2, -0.15) is 0 Å². The van der Waals surface area contributed by atoms with Gasteiger partial charge in [0, 0.05) is 12.8 Å². The van der Waals surface area contributed by atoms with E-state index in [2.05, 4.69) is 111 Å². The Hall–Kier alpha value is -3.79. The van der Waals surface area contributed by atoms with Crippen molar-refractivity contribution in [2.75, 3.05) is 47.5 Å². The van der Waals surface area contributed by atoms with E-state index >= 15 is 0 Å². The Morgan fingerprint density at radius 2 is 0.814 bits per heavy atom. The van der Waals surface area contributed by atoms with Gasteiger partial charge in [-0.25, -0.2) is 0 Å². The third kappa shape index (κ3) is 52.0. The summed E-state index contributed by atoms with van der Waals surface area (Å²) in [5, 5.41) is 11.7. The quantitative estimate of drug-likeness (QED) is 0.0195. The van der Waals surface area contributed by atoms with Crippen molar-refractivity contribution < 1.29 is 42.9 Å². The summed E-state index contributed by atoms with van der Waals surface area (Å²) in [6.07, 6.45) is 66.0. The molecule has 400 valence electrons. The van der Waals surface area contributed by atoms with E-state index in [9.17, 15) is 19.5 Å². The summed E-state index contributed by atoms with van der Waals surface area (Å²) < 4.78 is 22.6. The van der Waals surface area contributed by atoms with Crippen LogP contribution in [0.15, 0.2) is 97.2 Å². The monoisotopic (exact) mass is 978 g/mol. The summed E-state index contributed by atoms with van der Waals surface area (Å²) in [6.45, 7) is 4.58. The van der Waals surface area contributed by atoms with Crippen LogP contribution in [-0.2, 0) is 33.3 Å². The Balaban J connectivity index is 4.18. The molecule has 0 bridgehead atoms. The van der Waals surface area contributed by atoms with Crippen LogP contribution in [0.1, 0.15) is 213 Å². The summed E-state index contributed by atoms with van der Waals surface area (Å²) in [5.74, 6) is -2.31. The van der Waals surface area contributed by atoms with E-state index in [0.29, 0.717) is 17.4 Å². The van der Waals surface area contributed by atoms with Gasteiger partial charge < -0.3 is 33.3 Å². The van der Waals surface area contributed by atoms with E-state index in [1.165, 1.54) is 70.6 Å². The first kappa shape index (κ1) is 66.2. The van der Waals surface area contributed by atoms with Gasteiger partial charge in [0.1, 0.15) is 13.2 Å². The fourth-order valence-corrected chi connectivity index (χ4v) is 7.27. The zero-order valence-corrected chi connectivity index (χ0v) is 45.4. The minimum absolute atomic E-state index is 0.142. The summed E-state index contributed by atoms with van der Waals surface area (Å²) >= 11 is 0. The highest BCUT2D eigenvalue weighted by Crippen LogP contribution is 2.15. The lowest BCUT2D eigenvalue weighted by molar-refractivity contribution is -0.870. The number of hydrogen-bond acceptors (Lipinski definition) is 8. The number of nitrogens with zero attached hydrogens (tertiary/aromatic N) is 1. The van der Waals surface area contributed by atoms with Crippen LogP contribution in [0.4, 0.5) is 0 Å². The summed E-state index contributed by atoms with van der Waals surface area (Å²) in [5.41, 5.74) is 0. The largest absolute Gasteiger partial charge is 0.545 e. The molecule has 0 amide bonds. The molecule has 0 radical (unpaired) electrons. The molecule has 0 aromatic rings. The number of carboxylic acids is 1. The number of esters is 2. The third-order valence-corrected chi connectivity index (χ3v) is 11.6. The topological polar surface area (TPSA) is 111 Å². The molecule has 9 heteroatoms. The molecule has 9 nitrogen and oxygen atoms in total. The first-order valence-electron chi connectivity index (χ1n) is 27.9. The predicted octanol–water partition coefficient (Wildman–Crippen LogP) is 14.8. The maximum atomic E-state index is 12.8. The minimum Gasteiger partial charge on any atom is -0.545 e. The van der Waals surface area contributed by atoms with Crippen LogP contribution in [0.5, 0.6) is 0 Å². The molecule has 0 rings (SSSR count). The van der Waals surface area contributed by atoms with Gasteiger partial charge in [0.2, 0.25) is 0 Å². The average molecular weight is 978 g/mol. The number of ether oxygens (including phenoxy) is 4. The van der Waals surface area contributed by atoms with E-state index < -0.39 is 24.3 Å². The van der Waals surface area contributed by atoms with Gasteiger partial charge in [-0.1, -0.05) is 201 Å². The summed E-state index contributed by atoms with van der Waals surface area (Å²) in [4.78, 5) is 37.1. The van der Waals surface area contributed by atoms with Crippen molar-refractivity contribution in [3.63, 3.8) is 0 Å². The fraction of sp³-hybridized carbons (Fsp3) is 0.689. The number of carbonyl (C=O) groups excluding carboxylic acids is 3.